The normalized spacial score (nSPS) is 17.2. The summed E-state index contributed by atoms with van der Waals surface area (Å²) in [5.41, 5.74) is 6.62. The number of oxazole rings is 1. The van der Waals surface area contributed by atoms with E-state index in [0.29, 0.717) is 43.1 Å². The maximum Gasteiger partial charge on any atom is 0.275 e. The third kappa shape index (κ3) is 2.71. The van der Waals surface area contributed by atoms with Gasteiger partial charge in [0.25, 0.3) is 11.8 Å². The van der Waals surface area contributed by atoms with Crippen LogP contribution in [0.1, 0.15) is 52.2 Å². The fraction of sp³-hybridized carbons (Fsp3) is 0.467. The number of aromatic nitrogens is 3. The maximum absolute atomic E-state index is 12.4. The predicted octanol–water partition coefficient (Wildman–Crippen LogP) is 0.999. The van der Waals surface area contributed by atoms with Gasteiger partial charge in [0.05, 0.1) is 17.5 Å². The lowest BCUT2D eigenvalue weighted by atomic mass is 9.76. The molecule has 3 heterocycles. The smallest absolute Gasteiger partial charge is 0.275 e. The first-order valence-electron chi connectivity index (χ1n) is 7.46. The number of nitrogens with two attached hydrogens (primary N) is 1. The van der Waals surface area contributed by atoms with E-state index in [-0.39, 0.29) is 11.3 Å². The summed E-state index contributed by atoms with van der Waals surface area (Å²) in [7, 11) is 0. The molecule has 3 rings (SSSR count). The molecule has 1 fully saturated rings. The van der Waals surface area contributed by atoms with E-state index in [4.69, 9.17) is 10.2 Å². The van der Waals surface area contributed by atoms with Gasteiger partial charge >= 0.3 is 0 Å². The number of piperidine rings is 1. The minimum Gasteiger partial charge on any atom is -0.448 e. The van der Waals surface area contributed by atoms with Crippen molar-refractivity contribution in [3.8, 4) is 0 Å². The van der Waals surface area contributed by atoms with E-state index in [9.17, 15) is 9.59 Å². The van der Waals surface area contributed by atoms with E-state index in [1.165, 1.54) is 12.5 Å². The molecule has 1 aliphatic rings. The van der Waals surface area contributed by atoms with E-state index in [1.807, 2.05) is 0 Å². The van der Waals surface area contributed by atoms with Gasteiger partial charge in [0.1, 0.15) is 6.26 Å². The number of carbonyl (C=O) groups is 2. The van der Waals surface area contributed by atoms with Crippen LogP contribution in [0.4, 0.5) is 0 Å². The number of aromatic amines is 1. The van der Waals surface area contributed by atoms with Gasteiger partial charge in [-0.2, -0.15) is 5.10 Å². The molecule has 2 aromatic rings. The van der Waals surface area contributed by atoms with Crippen molar-refractivity contribution in [2.75, 3.05) is 13.1 Å². The topological polar surface area (TPSA) is 118 Å². The van der Waals surface area contributed by atoms with Crippen LogP contribution in [0.25, 0.3) is 0 Å². The molecule has 0 bridgehead atoms. The molecule has 0 unspecified atom stereocenters. The summed E-state index contributed by atoms with van der Waals surface area (Å²) in [6.07, 6.45) is 4.25. The number of rotatable bonds is 3. The number of H-pyrrole nitrogens is 1. The predicted molar refractivity (Wildman–Crippen MR) is 80.8 cm³/mol. The Hall–Kier alpha value is -2.64. The highest BCUT2D eigenvalue weighted by Gasteiger charge is 2.37. The molecular formula is C15H19N5O3. The average molecular weight is 317 g/mol. The molecule has 1 aliphatic heterocycles. The molecule has 0 atom stereocenters. The Bertz CT molecular complexity index is 740. The van der Waals surface area contributed by atoms with Crippen LogP contribution in [-0.2, 0) is 5.41 Å². The molecule has 0 saturated carbocycles. The van der Waals surface area contributed by atoms with Crippen LogP contribution in [-0.4, -0.2) is 45.0 Å². The number of nitrogens with one attached hydrogen (secondary N) is 1. The number of hydrogen-bond donors (Lipinski definition) is 2. The Kier molecular flexibility index (Phi) is 3.67. The van der Waals surface area contributed by atoms with Crippen LogP contribution >= 0.6 is 0 Å². The number of hydrogen-bond acceptors (Lipinski definition) is 5. The van der Waals surface area contributed by atoms with Crippen molar-refractivity contribution < 1.29 is 14.0 Å². The van der Waals surface area contributed by atoms with Gasteiger partial charge in [0.2, 0.25) is 0 Å². The van der Waals surface area contributed by atoms with E-state index in [2.05, 4.69) is 22.1 Å². The van der Waals surface area contributed by atoms with E-state index in [0.717, 1.165) is 5.69 Å². The molecule has 8 heteroatoms. The second-order valence-corrected chi connectivity index (χ2v) is 6.13. The third-order valence-electron chi connectivity index (χ3n) is 4.50. The highest BCUT2D eigenvalue weighted by Crippen LogP contribution is 2.35. The summed E-state index contributed by atoms with van der Waals surface area (Å²) in [6.45, 7) is 4.89. The SMILES string of the molecule is Cc1nc(C(=O)N2CCC(C)(c3[nH]ncc3C(N)=O)CC2)co1. The second-order valence-electron chi connectivity index (χ2n) is 6.13. The lowest BCUT2D eigenvalue weighted by Gasteiger charge is -2.38. The summed E-state index contributed by atoms with van der Waals surface area (Å²) >= 11 is 0. The average Bonchev–Trinajstić information content (AvgIpc) is 3.16. The van der Waals surface area contributed by atoms with Gasteiger partial charge in [0.15, 0.2) is 11.6 Å². The fourth-order valence-corrected chi connectivity index (χ4v) is 3.01. The molecular weight excluding hydrogens is 298 g/mol. The van der Waals surface area contributed by atoms with Gasteiger partial charge in [-0.3, -0.25) is 14.7 Å². The fourth-order valence-electron chi connectivity index (χ4n) is 3.01. The molecule has 0 radical (unpaired) electrons. The zero-order valence-electron chi connectivity index (χ0n) is 13.1. The molecule has 2 amide bonds. The van der Waals surface area contributed by atoms with Gasteiger partial charge in [-0.25, -0.2) is 4.98 Å². The van der Waals surface area contributed by atoms with Crippen LogP contribution in [0.15, 0.2) is 16.9 Å². The maximum atomic E-state index is 12.4. The molecule has 8 nitrogen and oxygen atoms in total. The zero-order valence-corrected chi connectivity index (χ0v) is 13.1. The minimum atomic E-state index is -0.494. The van der Waals surface area contributed by atoms with Crippen molar-refractivity contribution in [3.63, 3.8) is 0 Å². The molecule has 122 valence electrons. The van der Waals surface area contributed by atoms with Crippen LogP contribution in [0, 0.1) is 6.92 Å². The Morgan fingerprint density at radius 3 is 2.65 bits per heavy atom. The van der Waals surface area contributed by atoms with Gasteiger partial charge in [-0.05, 0) is 12.8 Å². The third-order valence-corrected chi connectivity index (χ3v) is 4.50. The standard InChI is InChI=1S/C15H19N5O3/c1-9-18-11(8-23-9)14(22)20-5-3-15(2,4-6-20)12-10(13(16)21)7-17-19-12/h7-8H,3-6H2,1-2H3,(H2,16,21)(H,17,19). The van der Waals surface area contributed by atoms with Crippen molar-refractivity contribution in [1.82, 2.24) is 20.1 Å². The van der Waals surface area contributed by atoms with Crippen LogP contribution in [0.3, 0.4) is 0 Å². The van der Waals surface area contributed by atoms with Crippen LogP contribution in [0.2, 0.25) is 0 Å². The highest BCUT2D eigenvalue weighted by atomic mass is 16.3. The van der Waals surface area contributed by atoms with Crippen molar-refractivity contribution >= 4 is 11.8 Å². The summed E-state index contributed by atoms with van der Waals surface area (Å²) in [4.78, 5) is 29.7. The summed E-state index contributed by atoms with van der Waals surface area (Å²) in [6, 6.07) is 0. The zero-order chi connectivity index (χ0) is 16.6. The molecule has 0 aliphatic carbocycles. The summed E-state index contributed by atoms with van der Waals surface area (Å²) in [5, 5.41) is 6.83. The van der Waals surface area contributed by atoms with E-state index >= 15 is 0 Å². The number of nitrogens with zero attached hydrogens (tertiary/aromatic N) is 3. The van der Waals surface area contributed by atoms with Gasteiger partial charge in [-0.1, -0.05) is 6.92 Å². The molecule has 0 spiro atoms. The first kappa shape index (κ1) is 15.3. The molecule has 1 saturated heterocycles. The molecule has 23 heavy (non-hydrogen) atoms. The van der Waals surface area contributed by atoms with Crippen LogP contribution in [0.5, 0.6) is 0 Å². The highest BCUT2D eigenvalue weighted by molar-refractivity contribution is 5.94. The first-order chi connectivity index (χ1) is 10.9. The summed E-state index contributed by atoms with van der Waals surface area (Å²) in [5.74, 6) is -0.158. The van der Waals surface area contributed by atoms with E-state index in [1.54, 1.807) is 11.8 Å². The monoisotopic (exact) mass is 317 g/mol. The minimum absolute atomic E-state index is 0.136. The Balaban J connectivity index is 1.73. The Morgan fingerprint density at radius 1 is 1.39 bits per heavy atom. The lowest BCUT2D eigenvalue weighted by Crippen LogP contribution is -2.44. The molecule has 0 aromatic carbocycles. The van der Waals surface area contributed by atoms with Gasteiger partial charge < -0.3 is 15.1 Å². The Labute approximate surface area is 133 Å². The van der Waals surface area contributed by atoms with Crippen molar-refractivity contribution in [1.29, 1.82) is 0 Å². The van der Waals surface area contributed by atoms with Crippen molar-refractivity contribution in [2.24, 2.45) is 5.73 Å². The Morgan fingerprint density at radius 2 is 2.09 bits per heavy atom. The van der Waals surface area contributed by atoms with Crippen molar-refractivity contribution in [2.45, 2.75) is 32.1 Å². The first-order valence-corrected chi connectivity index (χ1v) is 7.46. The van der Waals surface area contributed by atoms with Crippen molar-refractivity contribution in [3.05, 3.63) is 35.3 Å². The van der Waals surface area contributed by atoms with Gasteiger partial charge in [-0.15, -0.1) is 0 Å². The lowest BCUT2D eigenvalue weighted by molar-refractivity contribution is 0.0665. The number of likely N-dealkylation sites (tertiary alicyclic amines) is 1. The molecule has 2 aromatic heterocycles. The second kappa shape index (κ2) is 5.53. The van der Waals surface area contributed by atoms with Gasteiger partial charge in [0, 0.05) is 25.4 Å². The summed E-state index contributed by atoms with van der Waals surface area (Å²) < 4.78 is 5.10. The molecule has 3 N–H and O–H groups in total. The number of carbonyl (C=O) groups excluding carboxylic acids is 2. The van der Waals surface area contributed by atoms with Crippen LogP contribution < -0.4 is 5.73 Å². The quantitative estimate of drug-likeness (QED) is 0.875. The number of amides is 2. The van der Waals surface area contributed by atoms with E-state index < -0.39 is 5.91 Å². The largest absolute Gasteiger partial charge is 0.448 e. The number of primary amides is 1. The number of aryl methyl sites for hydroxylation is 1.